The molecule has 0 N–H and O–H groups in total. The summed E-state index contributed by atoms with van der Waals surface area (Å²) in [6.07, 6.45) is 0. The fraction of sp³-hybridized carbons (Fsp3) is 0.538. The first-order valence-corrected chi connectivity index (χ1v) is 5.42. The maximum absolute atomic E-state index is 2.39. The minimum Gasteiger partial charge on any atom is -0.303 e. The van der Waals surface area contributed by atoms with Crippen LogP contribution in [0.3, 0.4) is 0 Å². The Labute approximate surface area is 87.7 Å². The zero-order valence-electron chi connectivity index (χ0n) is 9.70. The van der Waals surface area contributed by atoms with Gasteiger partial charge in [-0.1, -0.05) is 44.2 Å². The van der Waals surface area contributed by atoms with Crippen LogP contribution in [0.4, 0.5) is 0 Å². The summed E-state index contributed by atoms with van der Waals surface area (Å²) in [6.45, 7) is 7.90. The van der Waals surface area contributed by atoms with Crippen LogP contribution in [0.15, 0.2) is 30.3 Å². The Bertz CT molecular complexity index is 255. The highest BCUT2D eigenvalue weighted by atomic mass is 15.1. The van der Waals surface area contributed by atoms with Gasteiger partial charge in [0.05, 0.1) is 0 Å². The van der Waals surface area contributed by atoms with E-state index in [4.69, 9.17) is 0 Å². The topological polar surface area (TPSA) is 3.24 Å². The highest BCUT2D eigenvalue weighted by Gasteiger charge is 2.16. The molecule has 78 valence electrons. The average Bonchev–Trinajstić information content (AvgIpc) is 2.27. The molecule has 0 unspecified atom stereocenters. The number of benzene rings is 1. The molecule has 0 aliphatic heterocycles. The maximum atomic E-state index is 2.39. The Hall–Kier alpha value is -0.820. The molecule has 0 fully saturated rings. The van der Waals surface area contributed by atoms with Gasteiger partial charge in [-0.25, -0.2) is 0 Å². The van der Waals surface area contributed by atoms with Crippen molar-refractivity contribution < 1.29 is 0 Å². The highest BCUT2D eigenvalue weighted by Crippen LogP contribution is 2.21. The third kappa shape index (κ3) is 2.58. The number of likely N-dealkylation sites (N-methyl/N-ethyl adjacent to an activating group) is 1. The molecule has 1 aromatic rings. The lowest BCUT2D eigenvalue weighted by molar-refractivity contribution is 0.243. The summed E-state index contributed by atoms with van der Waals surface area (Å²) in [4.78, 5) is 2.39. The SMILES string of the molecule is CCN(C)[C@@H](C)[C@H](C)c1ccccc1. The number of nitrogens with zero attached hydrogens (tertiary/aromatic N) is 1. The molecule has 1 heteroatoms. The molecule has 0 aliphatic rings. The summed E-state index contributed by atoms with van der Waals surface area (Å²) < 4.78 is 0. The molecule has 0 saturated heterocycles. The normalized spacial score (nSPS) is 15.5. The zero-order chi connectivity index (χ0) is 10.6. The van der Waals surface area contributed by atoms with Gasteiger partial charge in [0.25, 0.3) is 0 Å². The molecule has 0 aromatic heterocycles. The van der Waals surface area contributed by atoms with Crippen molar-refractivity contribution in [1.82, 2.24) is 4.90 Å². The Morgan fingerprint density at radius 1 is 1.14 bits per heavy atom. The van der Waals surface area contributed by atoms with Crippen molar-refractivity contribution in [2.24, 2.45) is 0 Å². The van der Waals surface area contributed by atoms with Crippen LogP contribution < -0.4 is 0 Å². The molecule has 0 radical (unpaired) electrons. The molecule has 1 nitrogen and oxygen atoms in total. The summed E-state index contributed by atoms with van der Waals surface area (Å²) in [5, 5.41) is 0. The van der Waals surface area contributed by atoms with Gasteiger partial charge in [-0.3, -0.25) is 0 Å². The molecule has 0 aliphatic carbocycles. The van der Waals surface area contributed by atoms with Crippen molar-refractivity contribution in [3.63, 3.8) is 0 Å². The van der Waals surface area contributed by atoms with Crippen molar-refractivity contribution in [3.8, 4) is 0 Å². The van der Waals surface area contributed by atoms with Crippen LogP contribution in [-0.4, -0.2) is 24.5 Å². The van der Waals surface area contributed by atoms with E-state index in [-0.39, 0.29) is 0 Å². The molecule has 0 heterocycles. The Kier molecular flexibility index (Phi) is 4.15. The highest BCUT2D eigenvalue weighted by molar-refractivity contribution is 5.20. The molecule has 0 saturated carbocycles. The lowest BCUT2D eigenvalue weighted by Crippen LogP contribution is -2.32. The molecule has 2 atom stereocenters. The average molecular weight is 191 g/mol. The Balaban J connectivity index is 2.70. The first kappa shape index (κ1) is 11.3. The zero-order valence-corrected chi connectivity index (χ0v) is 9.70. The molecule has 1 rings (SSSR count). The van der Waals surface area contributed by atoms with E-state index in [1.165, 1.54) is 5.56 Å². The monoisotopic (exact) mass is 191 g/mol. The van der Waals surface area contributed by atoms with Gasteiger partial charge in [0, 0.05) is 6.04 Å². The number of hydrogen-bond donors (Lipinski definition) is 0. The second-order valence-electron chi connectivity index (χ2n) is 4.01. The third-order valence-electron chi connectivity index (χ3n) is 3.24. The quantitative estimate of drug-likeness (QED) is 0.706. The van der Waals surface area contributed by atoms with Crippen molar-refractivity contribution in [3.05, 3.63) is 35.9 Å². The van der Waals surface area contributed by atoms with E-state index in [9.17, 15) is 0 Å². The van der Waals surface area contributed by atoms with Gasteiger partial charge in [0.2, 0.25) is 0 Å². The third-order valence-corrected chi connectivity index (χ3v) is 3.24. The van der Waals surface area contributed by atoms with Crippen LogP contribution in [0, 0.1) is 0 Å². The van der Waals surface area contributed by atoms with Crippen molar-refractivity contribution >= 4 is 0 Å². The Morgan fingerprint density at radius 2 is 1.71 bits per heavy atom. The van der Waals surface area contributed by atoms with Gasteiger partial charge in [-0.05, 0) is 32.0 Å². The lowest BCUT2D eigenvalue weighted by Gasteiger charge is -2.29. The summed E-state index contributed by atoms with van der Waals surface area (Å²) in [6, 6.07) is 11.3. The second kappa shape index (κ2) is 5.16. The largest absolute Gasteiger partial charge is 0.303 e. The second-order valence-corrected chi connectivity index (χ2v) is 4.01. The van der Waals surface area contributed by atoms with Gasteiger partial charge in [-0.2, -0.15) is 0 Å². The summed E-state index contributed by atoms with van der Waals surface area (Å²) >= 11 is 0. The van der Waals surface area contributed by atoms with Gasteiger partial charge in [0.15, 0.2) is 0 Å². The fourth-order valence-corrected chi connectivity index (χ4v) is 1.70. The molecule has 0 amide bonds. The van der Waals surface area contributed by atoms with Crippen molar-refractivity contribution in [2.75, 3.05) is 13.6 Å². The summed E-state index contributed by atoms with van der Waals surface area (Å²) in [5.41, 5.74) is 1.43. The van der Waals surface area contributed by atoms with Gasteiger partial charge >= 0.3 is 0 Å². The molecular formula is C13H21N. The van der Waals surface area contributed by atoms with E-state index in [1.54, 1.807) is 0 Å². The standard InChI is InChI=1S/C13H21N/c1-5-14(4)12(3)11(2)13-9-7-6-8-10-13/h6-12H,5H2,1-4H3/t11-,12-/m0/s1. The first-order valence-electron chi connectivity index (χ1n) is 5.42. The van der Waals surface area contributed by atoms with Crippen molar-refractivity contribution in [2.45, 2.75) is 32.7 Å². The molecular weight excluding hydrogens is 170 g/mol. The van der Waals surface area contributed by atoms with E-state index in [0.29, 0.717) is 12.0 Å². The molecule has 1 aromatic carbocycles. The van der Waals surface area contributed by atoms with E-state index < -0.39 is 0 Å². The lowest BCUT2D eigenvalue weighted by atomic mass is 9.94. The van der Waals surface area contributed by atoms with E-state index in [1.807, 2.05) is 0 Å². The van der Waals surface area contributed by atoms with Gasteiger partial charge in [0.1, 0.15) is 0 Å². The smallest absolute Gasteiger partial charge is 0.0130 e. The predicted molar refractivity (Wildman–Crippen MR) is 62.6 cm³/mol. The van der Waals surface area contributed by atoms with Gasteiger partial charge in [-0.15, -0.1) is 0 Å². The summed E-state index contributed by atoms with van der Waals surface area (Å²) in [5.74, 6) is 0.598. The summed E-state index contributed by atoms with van der Waals surface area (Å²) in [7, 11) is 2.18. The molecule has 14 heavy (non-hydrogen) atoms. The Morgan fingerprint density at radius 3 is 2.21 bits per heavy atom. The number of hydrogen-bond acceptors (Lipinski definition) is 1. The predicted octanol–water partition coefficient (Wildman–Crippen LogP) is 3.13. The minimum atomic E-state index is 0.598. The maximum Gasteiger partial charge on any atom is 0.0130 e. The minimum absolute atomic E-state index is 0.598. The van der Waals surface area contributed by atoms with E-state index in [2.05, 4.69) is 63.1 Å². The van der Waals surface area contributed by atoms with E-state index in [0.717, 1.165) is 6.54 Å². The van der Waals surface area contributed by atoms with Crippen LogP contribution >= 0.6 is 0 Å². The van der Waals surface area contributed by atoms with Crippen LogP contribution in [0.25, 0.3) is 0 Å². The van der Waals surface area contributed by atoms with Crippen molar-refractivity contribution in [1.29, 1.82) is 0 Å². The number of rotatable bonds is 4. The first-order chi connectivity index (χ1) is 6.66. The van der Waals surface area contributed by atoms with Crippen LogP contribution in [0.5, 0.6) is 0 Å². The molecule has 0 bridgehead atoms. The fourth-order valence-electron chi connectivity index (χ4n) is 1.70. The molecule has 0 spiro atoms. The van der Waals surface area contributed by atoms with E-state index >= 15 is 0 Å². The van der Waals surface area contributed by atoms with Crippen LogP contribution in [-0.2, 0) is 0 Å². The van der Waals surface area contributed by atoms with Crippen LogP contribution in [0.1, 0.15) is 32.3 Å². The van der Waals surface area contributed by atoms with Crippen LogP contribution in [0.2, 0.25) is 0 Å². The van der Waals surface area contributed by atoms with Gasteiger partial charge < -0.3 is 4.90 Å².